The summed E-state index contributed by atoms with van der Waals surface area (Å²) in [4.78, 5) is 18.4. The summed E-state index contributed by atoms with van der Waals surface area (Å²) in [6, 6.07) is 16.5. The molecule has 2 amide bonds. The lowest BCUT2D eigenvalue weighted by atomic mass is 9.75. The van der Waals surface area contributed by atoms with Crippen LogP contribution in [0.2, 0.25) is 0 Å². The third-order valence-electron chi connectivity index (χ3n) is 6.77. The molecule has 0 radical (unpaired) electrons. The Hall–Kier alpha value is -2.95. The summed E-state index contributed by atoms with van der Waals surface area (Å²) in [6.07, 6.45) is 4.36. The Morgan fingerprint density at radius 2 is 2.00 bits per heavy atom. The van der Waals surface area contributed by atoms with Crippen molar-refractivity contribution in [2.75, 3.05) is 20.2 Å². The maximum atomic E-state index is 12.9. The van der Waals surface area contributed by atoms with Crippen LogP contribution in [-0.4, -0.2) is 41.7 Å². The third kappa shape index (κ3) is 3.05. The standard InChI is InChI=1S/C24H27N3O2/c1-24-11-16(12-24)15-27(24)23(28)26-13-20(17-7-9-18(29-2)10-8-17)21-14-25-22-6-4-3-5-19(21)22/h3-10,14,16,20,25H,11-13,15H2,1-2H3,(H,26,28). The summed E-state index contributed by atoms with van der Waals surface area (Å²) in [5, 5.41) is 4.42. The van der Waals surface area contributed by atoms with Gasteiger partial charge in [0.25, 0.3) is 0 Å². The lowest BCUT2D eigenvalue weighted by molar-refractivity contribution is 0.138. The van der Waals surface area contributed by atoms with Gasteiger partial charge in [0, 0.05) is 41.6 Å². The number of urea groups is 1. The second kappa shape index (κ2) is 6.83. The molecule has 3 aliphatic rings. The minimum absolute atomic E-state index is 0.0607. The van der Waals surface area contributed by atoms with Crippen LogP contribution >= 0.6 is 0 Å². The average Bonchev–Trinajstić information content (AvgIpc) is 3.39. The van der Waals surface area contributed by atoms with Gasteiger partial charge in [0.2, 0.25) is 0 Å². The Kier molecular flexibility index (Phi) is 4.26. The van der Waals surface area contributed by atoms with Crippen molar-refractivity contribution < 1.29 is 9.53 Å². The molecule has 0 spiro atoms. The second-order valence-electron chi connectivity index (χ2n) is 8.68. The van der Waals surface area contributed by atoms with E-state index in [0.29, 0.717) is 12.5 Å². The zero-order valence-electron chi connectivity index (χ0n) is 16.9. The molecule has 2 N–H and O–H groups in total. The van der Waals surface area contributed by atoms with E-state index in [4.69, 9.17) is 4.74 Å². The molecular weight excluding hydrogens is 362 g/mol. The molecule has 5 heteroatoms. The number of amides is 2. The first-order chi connectivity index (χ1) is 14.1. The van der Waals surface area contributed by atoms with Gasteiger partial charge in [0.05, 0.1) is 7.11 Å². The van der Waals surface area contributed by atoms with E-state index < -0.39 is 0 Å². The largest absolute Gasteiger partial charge is 0.497 e. The molecule has 1 atom stereocenters. The monoisotopic (exact) mass is 389 g/mol. The second-order valence-corrected chi connectivity index (χ2v) is 8.68. The minimum atomic E-state index is 0.0607. The molecule has 1 aliphatic carbocycles. The summed E-state index contributed by atoms with van der Waals surface area (Å²) >= 11 is 0. The van der Waals surface area contributed by atoms with Gasteiger partial charge in [-0.25, -0.2) is 4.79 Å². The van der Waals surface area contributed by atoms with Gasteiger partial charge in [-0.3, -0.25) is 0 Å². The van der Waals surface area contributed by atoms with Gasteiger partial charge >= 0.3 is 6.03 Å². The van der Waals surface area contributed by atoms with Crippen molar-refractivity contribution in [1.29, 1.82) is 0 Å². The number of aromatic amines is 1. The van der Waals surface area contributed by atoms with Gasteiger partial charge in [-0.05, 0) is 55.0 Å². The van der Waals surface area contributed by atoms with Gasteiger partial charge < -0.3 is 19.9 Å². The first-order valence-electron chi connectivity index (χ1n) is 10.3. The number of carbonyl (C=O) groups is 1. The molecule has 2 aliphatic heterocycles. The predicted molar refractivity (Wildman–Crippen MR) is 114 cm³/mol. The number of H-pyrrole nitrogens is 1. The van der Waals surface area contributed by atoms with E-state index in [2.05, 4.69) is 53.8 Å². The number of rotatable bonds is 5. The summed E-state index contributed by atoms with van der Waals surface area (Å²) in [6.45, 7) is 3.66. The number of hydrogen-bond acceptors (Lipinski definition) is 2. The molecule has 6 rings (SSSR count). The highest BCUT2D eigenvalue weighted by Crippen LogP contribution is 2.50. The van der Waals surface area contributed by atoms with Crippen molar-refractivity contribution in [2.24, 2.45) is 5.92 Å². The highest BCUT2D eigenvalue weighted by molar-refractivity contribution is 5.84. The minimum Gasteiger partial charge on any atom is -0.497 e. The van der Waals surface area contributed by atoms with Crippen LogP contribution in [0.15, 0.2) is 54.7 Å². The number of hydrogen-bond donors (Lipinski definition) is 2. The van der Waals surface area contributed by atoms with Gasteiger partial charge in [0.15, 0.2) is 0 Å². The lowest BCUT2D eigenvalue weighted by Crippen LogP contribution is -2.50. The topological polar surface area (TPSA) is 57.4 Å². The van der Waals surface area contributed by atoms with Crippen LogP contribution in [0, 0.1) is 5.92 Å². The zero-order valence-corrected chi connectivity index (χ0v) is 16.9. The third-order valence-corrected chi connectivity index (χ3v) is 6.77. The van der Waals surface area contributed by atoms with Gasteiger partial charge in [-0.2, -0.15) is 0 Å². The highest BCUT2D eigenvalue weighted by atomic mass is 16.5. The highest BCUT2D eigenvalue weighted by Gasteiger charge is 2.54. The number of methoxy groups -OCH3 is 1. The van der Waals surface area contributed by atoms with Crippen LogP contribution < -0.4 is 10.1 Å². The number of ether oxygens (including phenoxy) is 1. The molecule has 5 nitrogen and oxygen atoms in total. The van der Waals surface area contributed by atoms with Crippen molar-refractivity contribution in [3.05, 3.63) is 65.9 Å². The maximum absolute atomic E-state index is 12.9. The summed E-state index contributed by atoms with van der Waals surface area (Å²) < 4.78 is 5.32. The van der Waals surface area contributed by atoms with Crippen molar-refractivity contribution in [2.45, 2.75) is 31.2 Å². The van der Waals surface area contributed by atoms with Gasteiger partial charge in [-0.1, -0.05) is 30.3 Å². The molecule has 1 saturated carbocycles. The predicted octanol–water partition coefficient (Wildman–Crippen LogP) is 4.50. The van der Waals surface area contributed by atoms with E-state index in [1.165, 1.54) is 10.9 Å². The number of benzene rings is 2. The maximum Gasteiger partial charge on any atom is 0.317 e. The quantitative estimate of drug-likeness (QED) is 0.675. The van der Waals surface area contributed by atoms with Crippen LogP contribution in [0.5, 0.6) is 5.75 Å². The van der Waals surface area contributed by atoms with Gasteiger partial charge in [-0.15, -0.1) is 0 Å². The first-order valence-corrected chi connectivity index (χ1v) is 10.3. The molecule has 3 fully saturated rings. The molecule has 1 unspecified atom stereocenters. The molecule has 2 aromatic carbocycles. The number of para-hydroxylation sites is 1. The molecular formula is C24H27N3O2. The van der Waals surface area contributed by atoms with Crippen molar-refractivity contribution in [1.82, 2.24) is 15.2 Å². The summed E-state index contributed by atoms with van der Waals surface area (Å²) in [7, 11) is 1.67. The Balaban J connectivity index is 1.43. The van der Waals surface area contributed by atoms with Gasteiger partial charge in [0.1, 0.15) is 5.75 Å². The smallest absolute Gasteiger partial charge is 0.317 e. The number of fused-ring (bicyclic) bond motifs is 2. The zero-order chi connectivity index (χ0) is 20.0. The van der Waals surface area contributed by atoms with E-state index in [1.54, 1.807) is 7.11 Å². The first kappa shape index (κ1) is 18.1. The van der Waals surface area contributed by atoms with Crippen LogP contribution in [0.4, 0.5) is 4.79 Å². The van der Waals surface area contributed by atoms with Crippen molar-refractivity contribution >= 4 is 16.9 Å². The number of nitrogens with zero attached hydrogens (tertiary/aromatic N) is 1. The fourth-order valence-corrected chi connectivity index (χ4v) is 5.25. The molecule has 2 saturated heterocycles. The fraction of sp³-hybridized carbons (Fsp3) is 0.375. The molecule has 3 heterocycles. The van der Waals surface area contributed by atoms with Crippen molar-refractivity contribution in [3.63, 3.8) is 0 Å². The number of aromatic nitrogens is 1. The Labute approximate surface area is 171 Å². The molecule has 150 valence electrons. The molecule has 3 aromatic rings. The summed E-state index contributed by atoms with van der Waals surface area (Å²) in [5.74, 6) is 1.59. The molecule has 1 aromatic heterocycles. The summed E-state index contributed by atoms with van der Waals surface area (Å²) in [5.41, 5.74) is 3.53. The van der Waals surface area contributed by atoms with E-state index >= 15 is 0 Å². The van der Waals surface area contributed by atoms with Crippen LogP contribution in [0.1, 0.15) is 36.8 Å². The van der Waals surface area contributed by atoms with Crippen LogP contribution in [0.25, 0.3) is 10.9 Å². The van der Waals surface area contributed by atoms with E-state index in [0.717, 1.165) is 36.2 Å². The molecule has 29 heavy (non-hydrogen) atoms. The number of nitrogens with one attached hydrogen (secondary N) is 2. The normalized spacial score (nSPS) is 23.7. The van der Waals surface area contributed by atoms with Crippen molar-refractivity contribution in [3.8, 4) is 5.75 Å². The lowest BCUT2D eigenvalue weighted by Gasteiger charge is -2.38. The van der Waals surface area contributed by atoms with E-state index in [-0.39, 0.29) is 17.5 Å². The average molecular weight is 389 g/mol. The Morgan fingerprint density at radius 3 is 2.69 bits per heavy atom. The van der Waals surface area contributed by atoms with Crippen LogP contribution in [0.3, 0.4) is 0 Å². The van der Waals surface area contributed by atoms with Crippen LogP contribution in [-0.2, 0) is 0 Å². The Bertz CT molecular complexity index is 1030. The SMILES string of the molecule is COc1ccc(C(CNC(=O)N2CC3CC2(C)C3)c2c[nH]c3ccccc23)cc1. The fourth-order valence-electron chi connectivity index (χ4n) is 5.25. The van der Waals surface area contributed by atoms with E-state index in [1.807, 2.05) is 23.1 Å². The molecule has 2 bridgehead atoms. The number of carbonyl (C=O) groups excluding carboxylic acids is 1. The Morgan fingerprint density at radius 1 is 1.24 bits per heavy atom. The van der Waals surface area contributed by atoms with E-state index in [9.17, 15) is 4.79 Å².